The summed E-state index contributed by atoms with van der Waals surface area (Å²) in [6, 6.07) is 7.06. The van der Waals surface area contributed by atoms with E-state index in [1.165, 1.54) is 0 Å². The van der Waals surface area contributed by atoms with Gasteiger partial charge in [-0.05, 0) is 44.4 Å². The van der Waals surface area contributed by atoms with Crippen LogP contribution in [0.4, 0.5) is 0 Å². The van der Waals surface area contributed by atoms with Crippen molar-refractivity contribution in [3.05, 3.63) is 34.3 Å². The molecule has 1 aliphatic heterocycles. The highest BCUT2D eigenvalue weighted by Gasteiger charge is 2.30. The molecular formula is C15H20BrNO3. The van der Waals surface area contributed by atoms with Gasteiger partial charge in [-0.15, -0.1) is 0 Å². The number of ether oxygens (including phenoxy) is 1. The monoisotopic (exact) mass is 341 g/mol. The quantitative estimate of drug-likeness (QED) is 0.884. The summed E-state index contributed by atoms with van der Waals surface area (Å²) < 4.78 is 6.48. The number of carbonyl (C=O) groups excluding carboxylic acids is 1. The third kappa shape index (κ3) is 3.81. The van der Waals surface area contributed by atoms with E-state index >= 15 is 0 Å². The van der Waals surface area contributed by atoms with Gasteiger partial charge in [0.1, 0.15) is 6.10 Å². The standard InChI is InChI=1S/C15H20BrNO3/c1-9-3-8-13(20-9)15(19)17-10(2)14(18)11-4-6-12(16)7-5-11/h4-7,9-10,13-14,18H,3,8H2,1-2H3,(H,17,19). The van der Waals surface area contributed by atoms with Gasteiger partial charge in [-0.3, -0.25) is 4.79 Å². The van der Waals surface area contributed by atoms with Crippen molar-refractivity contribution in [3.8, 4) is 0 Å². The molecule has 2 rings (SSSR count). The van der Waals surface area contributed by atoms with Gasteiger partial charge < -0.3 is 15.2 Å². The van der Waals surface area contributed by atoms with Gasteiger partial charge in [0.05, 0.1) is 18.2 Å². The number of rotatable bonds is 4. The molecule has 1 heterocycles. The van der Waals surface area contributed by atoms with Crippen molar-refractivity contribution in [3.63, 3.8) is 0 Å². The zero-order valence-corrected chi connectivity index (χ0v) is 13.3. The Morgan fingerprint density at radius 2 is 2.05 bits per heavy atom. The molecule has 0 saturated carbocycles. The highest BCUT2D eigenvalue weighted by atomic mass is 79.9. The van der Waals surface area contributed by atoms with Crippen molar-refractivity contribution in [1.29, 1.82) is 0 Å². The summed E-state index contributed by atoms with van der Waals surface area (Å²) in [5.41, 5.74) is 0.779. The number of hydrogen-bond acceptors (Lipinski definition) is 3. The molecule has 110 valence electrons. The van der Waals surface area contributed by atoms with E-state index in [4.69, 9.17) is 4.74 Å². The summed E-state index contributed by atoms with van der Waals surface area (Å²) in [7, 11) is 0. The minimum Gasteiger partial charge on any atom is -0.386 e. The smallest absolute Gasteiger partial charge is 0.249 e. The van der Waals surface area contributed by atoms with Crippen LogP contribution in [-0.4, -0.2) is 29.3 Å². The molecule has 5 heteroatoms. The van der Waals surface area contributed by atoms with E-state index in [0.717, 1.165) is 22.9 Å². The predicted octanol–water partition coefficient (Wildman–Crippen LogP) is 2.55. The summed E-state index contributed by atoms with van der Waals surface area (Å²) in [4.78, 5) is 12.0. The largest absolute Gasteiger partial charge is 0.386 e. The van der Waals surface area contributed by atoms with E-state index in [9.17, 15) is 9.90 Å². The first kappa shape index (κ1) is 15.5. The zero-order valence-electron chi connectivity index (χ0n) is 11.7. The van der Waals surface area contributed by atoms with Crippen LogP contribution in [0, 0.1) is 0 Å². The van der Waals surface area contributed by atoms with Gasteiger partial charge in [0, 0.05) is 4.47 Å². The fourth-order valence-corrected chi connectivity index (χ4v) is 2.60. The maximum atomic E-state index is 12.0. The summed E-state index contributed by atoms with van der Waals surface area (Å²) in [5.74, 6) is -0.141. The SMILES string of the molecule is CC1CCC(C(=O)NC(C)C(O)c2ccc(Br)cc2)O1. The van der Waals surface area contributed by atoms with E-state index in [1.54, 1.807) is 6.92 Å². The highest BCUT2D eigenvalue weighted by molar-refractivity contribution is 9.10. The van der Waals surface area contributed by atoms with Crippen molar-refractivity contribution in [2.45, 2.75) is 51.0 Å². The lowest BCUT2D eigenvalue weighted by atomic mass is 10.0. The number of carbonyl (C=O) groups is 1. The normalized spacial score (nSPS) is 25.2. The van der Waals surface area contributed by atoms with Crippen LogP contribution in [0.2, 0.25) is 0 Å². The van der Waals surface area contributed by atoms with E-state index < -0.39 is 6.10 Å². The molecule has 4 nitrogen and oxygen atoms in total. The molecule has 0 aromatic heterocycles. The number of aliphatic hydroxyl groups is 1. The molecule has 2 N–H and O–H groups in total. The van der Waals surface area contributed by atoms with Crippen LogP contribution < -0.4 is 5.32 Å². The van der Waals surface area contributed by atoms with Crippen molar-refractivity contribution in [2.24, 2.45) is 0 Å². The number of amides is 1. The summed E-state index contributed by atoms with van der Waals surface area (Å²) in [5, 5.41) is 13.1. The van der Waals surface area contributed by atoms with Gasteiger partial charge in [0.25, 0.3) is 0 Å². The van der Waals surface area contributed by atoms with Crippen LogP contribution in [-0.2, 0) is 9.53 Å². The first-order valence-corrected chi connectivity index (χ1v) is 7.66. The lowest BCUT2D eigenvalue weighted by Gasteiger charge is -2.22. The lowest BCUT2D eigenvalue weighted by Crippen LogP contribution is -2.42. The zero-order chi connectivity index (χ0) is 14.7. The Labute approximate surface area is 127 Å². The van der Waals surface area contributed by atoms with Gasteiger partial charge >= 0.3 is 0 Å². The number of nitrogens with one attached hydrogen (secondary N) is 1. The molecule has 1 saturated heterocycles. The second kappa shape index (κ2) is 6.70. The molecular weight excluding hydrogens is 322 g/mol. The Morgan fingerprint density at radius 3 is 2.60 bits per heavy atom. The molecule has 1 fully saturated rings. The van der Waals surface area contributed by atoms with E-state index in [0.29, 0.717) is 0 Å². The van der Waals surface area contributed by atoms with Gasteiger partial charge in [-0.25, -0.2) is 0 Å². The Hall–Kier alpha value is -0.910. The number of halogens is 1. The molecule has 1 aromatic rings. The van der Waals surface area contributed by atoms with Crippen molar-refractivity contribution < 1.29 is 14.6 Å². The average molecular weight is 342 g/mol. The van der Waals surface area contributed by atoms with Crippen LogP contribution in [0.5, 0.6) is 0 Å². The van der Waals surface area contributed by atoms with Crippen LogP contribution in [0.1, 0.15) is 38.4 Å². The first-order valence-electron chi connectivity index (χ1n) is 6.86. The summed E-state index contributed by atoms with van der Waals surface area (Å²) in [6.07, 6.45) is 0.670. The Kier molecular flexibility index (Phi) is 5.18. The van der Waals surface area contributed by atoms with Crippen molar-refractivity contribution >= 4 is 21.8 Å². The average Bonchev–Trinajstić information content (AvgIpc) is 2.85. The molecule has 0 radical (unpaired) electrons. The molecule has 0 bridgehead atoms. The molecule has 1 aliphatic rings. The number of benzene rings is 1. The molecule has 4 unspecified atom stereocenters. The molecule has 1 aromatic carbocycles. The van der Waals surface area contributed by atoms with Crippen LogP contribution >= 0.6 is 15.9 Å². The van der Waals surface area contributed by atoms with Crippen LogP contribution in [0.15, 0.2) is 28.7 Å². The third-order valence-electron chi connectivity index (χ3n) is 3.58. The maximum absolute atomic E-state index is 12.0. The topological polar surface area (TPSA) is 58.6 Å². The van der Waals surface area contributed by atoms with Crippen LogP contribution in [0.25, 0.3) is 0 Å². The fraction of sp³-hybridized carbons (Fsp3) is 0.533. The van der Waals surface area contributed by atoms with Gasteiger partial charge in [0.15, 0.2) is 0 Å². The first-order chi connectivity index (χ1) is 9.47. The van der Waals surface area contributed by atoms with Crippen molar-refractivity contribution in [1.82, 2.24) is 5.32 Å². The van der Waals surface area contributed by atoms with E-state index in [-0.39, 0.29) is 24.2 Å². The minimum atomic E-state index is -0.731. The van der Waals surface area contributed by atoms with Gasteiger partial charge in [0.2, 0.25) is 5.91 Å². The molecule has 20 heavy (non-hydrogen) atoms. The van der Waals surface area contributed by atoms with Gasteiger partial charge in [-0.2, -0.15) is 0 Å². The third-order valence-corrected chi connectivity index (χ3v) is 4.11. The molecule has 0 aliphatic carbocycles. The molecule has 4 atom stereocenters. The molecule has 1 amide bonds. The highest BCUT2D eigenvalue weighted by Crippen LogP contribution is 2.22. The Morgan fingerprint density at radius 1 is 1.40 bits per heavy atom. The van der Waals surface area contributed by atoms with Crippen LogP contribution in [0.3, 0.4) is 0 Å². The minimum absolute atomic E-state index is 0.137. The van der Waals surface area contributed by atoms with Crippen molar-refractivity contribution in [2.75, 3.05) is 0 Å². The fourth-order valence-electron chi connectivity index (χ4n) is 2.34. The maximum Gasteiger partial charge on any atom is 0.249 e. The van der Waals surface area contributed by atoms with E-state index in [2.05, 4.69) is 21.2 Å². The Bertz CT molecular complexity index is 463. The second-order valence-corrected chi connectivity index (χ2v) is 6.22. The van der Waals surface area contributed by atoms with E-state index in [1.807, 2.05) is 31.2 Å². The second-order valence-electron chi connectivity index (χ2n) is 5.31. The molecule has 0 spiro atoms. The van der Waals surface area contributed by atoms with Gasteiger partial charge in [-0.1, -0.05) is 28.1 Å². The summed E-state index contributed by atoms with van der Waals surface area (Å²) in [6.45, 7) is 3.76. The predicted molar refractivity (Wildman–Crippen MR) is 80.3 cm³/mol. The Balaban J connectivity index is 1.92. The lowest BCUT2D eigenvalue weighted by molar-refractivity contribution is -0.133. The summed E-state index contributed by atoms with van der Waals surface area (Å²) >= 11 is 3.35. The number of aliphatic hydroxyl groups excluding tert-OH is 1. The number of hydrogen-bond donors (Lipinski definition) is 2.